The molecule has 0 bridgehead atoms. The topological polar surface area (TPSA) is 0 Å². The number of hydrogen-bond donors (Lipinski definition) is 0. The summed E-state index contributed by atoms with van der Waals surface area (Å²) in [7, 11) is -10.5. The molecular weight excluding hydrogens is 437 g/mol. The van der Waals surface area contributed by atoms with Crippen LogP contribution in [0.25, 0.3) is 0 Å². The van der Waals surface area contributed by atoms with Crippen molar-refractivity contribution in [1.82, 2.24) is 0 Å². The Kier molecular flexibility index (Phi) is 5.63. The molecule has 4 rings (SSSR count). The van der Waals surface area contributed by atoms with Crippen molar-refractivity contribution >= 4 is 30.5 Å². The van der Waals surface area contributed by atoms with Crippen LogP contribution in [0.2, 0.25) is 0 Å². The van der Waals surface area contributed by atoms with Gasteiger partial charge in [-0.1, -0.05) is 42.4 Å². The van der Waals surface area contributed by atoms with E-state index in [-0.39, 0.29) is 10.9 Å². The molecule has 154 valence electrons. The second-order valence-electron chi connectivity index (χ2n) is 6.53. The summed E-state index contributed by atoms with van der Waals surface area (Å²) in [6.07, 6.45) is 9.17. The molecule has 0 amide bonds. The minimum atomic E-state index is -10.7. The Bertz CT molecular complexity index is 836. The molecule has 0 atom stereocenters. The van der Waals surface area contributed by atoms with Crippen LogP contribution in [-0.4, -0.2) is 0 Å². The monoisotopic (exact) mass is 456 g/mol. The van der Waals surface area contributed by atoms with Crippen LogP contribution < -0.4 is 0 Å². The van der Waals surface area contributed by atoms with E-state index in [2.05, 4.69) is 54.6 Å². The Morgan fingerprint density at radius 1 is 0.714 bits per heavy atom. The van der Waals surface area contributed by atoms with Gasteiger partial charge < -0.3 is 0 Å². The molecule has 9 heteroatoms. The molecule has 2 aromatic carbocycles. The van der Waals surface area contributed by atoms with Crippen molar-refractivity contribution in [2.45, 2.75) is 51.7 Å². The van der Waals surface area contributed by atoms with Crippen molar-refractivity contribution in [1.29, 1.82) is 0 Å². The van der Waals surface area contributed by atoms with E-state index in [1.54, 1.807) is 4.91 Å². The van der Waals surface area contributed by atoms with Crippen molar-refractivity contribution in [3.8, 4) is 0 Å². The third-order valence-electron chi connectivity index (χ3n) is 4.12. The average molecular weight is 456 g/mol. The molecule has 0 radical (unpaired) electrons. The molecule has 28 heavy (non-hydrogen) atoms. The van der Waals surface area contributed by atoms with Gasteiger partial charge in [0.15, 0.2) is 9.79 Å². The van der Waals surface area contributed by atoms with Crippen molar-refractivity contribution in [2.75, 3.05) is 0 Å². The van der Waals surface area contributed by atoms with E-state index < -0.39 is 7.81 Å². The first kappa shape index (κ1) is 21.6. The normalized spacial score (nSPS) is 19.6. The summed E-state index contributed by atoms with van der Waals surface area (Å²) in [5.74, 6) is 0. The summed E-state index contributed by atoms with van der Waals surface area (Å²) in [6, 6.07) is 18.0. The van der Waals surface area contributed by atoms with Gasteiger partial charge in [-0.15, -0.1) is 0 Å². The van der Waals surface area contributed by atoms with E-state index in [9.17, 15) is 25.2 Å². The number of benzene rings is 2. The van der Waals surface area contributed by atoms with Gasteiger partial charge in [0.2, 0.25) is 0 Å². The molecule has 0 aromatic heterocycles. The maximum absolute atomic E-state index is 10.7. The summed E-state index contributed by atoms with van der Waals surface area (Å²) < 4.78 is 59.2. The molecule has 0 nitrogen and oxygen atoms in total. The van der Waals surface area contributed by atoms with Crippen LogP contribution in [0.4, 0.5) is 25.2 Å². The minimum absolute atomic E-state index is 0.148. The fourth-order valence-electron chi connectivity index (χ4n) is 3.10. The van der Waals surface area contributed by atoms with Crippen LogP contribution in [0.5, 0.6) is 0 Å². The third-order valence-corrected chi connectivity index (χ3v) is 8.02. The van der Waals surface area contributed by atoms with Gasteiger partial charge in [0.05, 0.1) is 20.7 Å². The molecule has 2 aliphatic rings. The quantitative estimate of drug-likeness (QED) is 0.234. The maximum atomic E-state index is 9.87. The predicted octanol–water partition coefficient (Wildman–Crippen LogP) is 9.42. The summed E-state index contributed by atoms with van der Waals surface area (Å²) >= 11 is 1.94. The Balaban J connectivity index is 0.000000279. The second kappa shape index (κ2) is 7.29. The Morgan fingerprint density at radius 2 is 1.21 bits per heavy atom. The second-order valence-corrected chi connectivity index (χ2v) is 11.5. The molecular formula is C19H19F6PS2. The van der Waals surface area contributed by atoms with Crippen LogP contribution in [-0.2, 0) is 10.9 Å². The first-order chi connectivity index (χ1) is 12.9. The Morgan fingerprint density at radius 3 is 1.75 bits per heavy atom. The average Bonchev–Trinajstić information content (AvgIpc) is 2.86. The van der Waals surface area contributed by atoms with Crippen LogP contribution in [0.1, 0.15) is 32.1 Å². The van der Waals surface area contributed by atoms with E-state index in [1.807, 2.05) is 11.8 Å². The molecule has 1 aliphatic carbocycles. The van der Waals surface area contributed by atoms with Gasteiger partial charge in [-0.2, -0.15) is 0 Å². The molecule has 0 N–H and O–H groups in total. The zero-order valence-corrected chi connectivity index (χ0v) is 17.3. The van der Waals surface area contributed by atoms with Gasteiger partial charge >= 0.3 is 33.0 Å². The molecule has 0 saturated carbocycles. The van der Waals surface area contributed by atoms with Crippen LogP contribution in [0.3, 0.4) is 0 Å². The molecule has 2 aromatic rings. The number of allylic oxidation sites excluding steroid dienone is 2. The molecule has 0 unspecified atom stereocenters. The standard InChI is InChI=1S/C19H19S2.F6P/c1-2-4-10-15(9-3-1)21-18-13-7-5-11-16(18)20-17-12-6-8-14-19(17)21;1-7(2,3,4,5)6/h5-9,11-14H,1-4,10H2;/q+1;-1. The fraction of sp³-hybridized carbons (Fsp3) is 0.263. The number of halogens is 6. The molecule has 0 fully saturated rings. The molecule has 1 aliphatic heterocycles. The van der Waals surface area contributed by atoms with Crippen molar-refractivity contribution in [2.24, 2.45) is 0 Å². The number of rotatable bonds is 1. The van der Waals surface area contributed by atoms with Gasteiger partial charge in [-0.3, -0.25) is 0 Å². The van der Waals surface area contributed by atoms with Crippen molar-refractivity contribution in [3.05, 3.63) is 59.5 Å². The fourth-order valence-corrected chi connectivity index (χ4v) is 7.12. The molecule has 0 spiro atoms. The van der Waals surface area contributed by atoms with E-state index in [4.69, 9.17) is 0 Å². The van der Waals surface area contributed by atoms with Crippen molar-refractivity contribution in [3.63, 3.8) is 0 Å². The first-order valence-electron chi connectivity index (χ1n) is 8.74. The number of hydrogen-bond acceptors (Lipinski definition) is 1. The van der Waals surface area contributed by atoms with Gasteiger partial charge in [-0.25, -0.2) is 0 Å². The van der Waals surface area contributed by atoms with Crippen molar-refractivity contribution < 1.29 is 25.2 Å². The van der Waals surface area contributed by atoms with Gasteiger partial charge in [0, 0.05) is 6.42 Å². The summed E-state index contributed by atoms with van der Waals surface area (Å²) in [6.45, 7) is 0. The van der Waals surface area contributed by atoms with Crippen LogP contribution >= 0.6 is 19.6 Å². The Labute approximate surface area is 167 Å². The predicted molar refractivity (Wildman–Crippen MR) is 106 cm³/mol. The molecule has 0 saturated heterocycles. The van der Waals surface area contributed by atoms with E-state index in [1.165, 1.54) is 51.7 Å². The van der Waals surface area contributed by atoms with Gasteiger partial charge in [0.25, 0.3) is 0 Å². The van der Waals surface area contributed by atoms with Gasteiger partial charge in [0.1, 0.15) is 4.91 Å². The van der Waals surface area contributed by atoms with Crippen LogP contribution in [0.15, 0.2) is 79.1 Å². The number of fused-ring (bicyclic) bond motifs is 2. The van der Waals surface area contributed by atoms with Gasteiger partial charge in [-0.05, 0) is 49.6 Å². The SMILES string of the molecule is C1=C([S+]2c3ccccc3Sc3ccccc32)CCCCC1.F[P-](F)(F)(F)(F)F. The third kappa shape index (κ3) is 6.75. The zero-order chi connectivity index (χ0) is 20.5. The summed E-state index contributed by atoms with van der Waals surface area (Å²) in [5.41, 5.74) is 0. The van der Waals surface area contributed by atoms with E-state index in [0.29, 0.717) is 0 Å². The Hall–Kier alpha value is -1.11. The van der Waals surface area contributed by atoms with E-state index in [0.717, 1.165) is 0 Å². The van der Waals surface area contributed by atoms with Crippen LogP contribution in [0, 0.1) is 0 Å². The molecule has 1 heterocycles. The summed E-state index contributed by atoms with van der Waals surface area (Å²) in [4.78, 5) is 7.64. The van der Waals surface area contributed by atoms with E-state index >= 15 is 0 Å². The first-order valence-corrected chi connectivity index (χ1v) is 12.8. The summed E-state index contributed by atoms with van der Waals surface area (Å²) in [5, 5.41) is 0. The zero-order valence-electron chi connectivity index (χ0n) is 14.8.